The predicted molar refractivity (Wildman–Crippen MR) is 155 cm³/mol. The van der Waals surface area contributed by atoms with Gasteiger partial charge < -0.3 is 15.5 Å². The lowest BCUT2D eigenvalue weighted by Gasteiger charge is -2.14. The first-order valence-electron chi connectivity index (χ1n) is 12.8. The first-order valence-corrected chi connectivity index (χ1v) is 12.8. The number of amides is 2. The van der Waals surface area contributed by atoms with Crippen molar-refractivity contribution < 1.29 is 14.0 Å². The number of hydrogen-bond donors (Lipinski definition) is 3. The average Bonchev–Trinajstić information content (AvgIpc) is 3.66. The maximum atomic E-state index is 14.8. The van der Waals surface area contributed by atoms with Crippen LogP contribution in [0.5, 0.6) is 0 Å². The van der Waals surface area contributed by atoms with Gasteiger partial charge >= 0.3 is 0 Å². The number of likely N-dealkylation sites (N-methyl/N-ethyl adjacent to an activating group) is 1. The van der Waals surface area contributed by atoms with Crippen molar-refractivity contribution in [3.8, 4) is 11.1 Å². The zero-order valence-electron chi connectivity index (χ0n) is 22.1. The van der Waals surface area contributed by atoms with Gasteiger partial charge in [-0.15, -0.1) is 0 Å². The van der Waals surface area contributed by atoms with Gasteiger partial charge in [-0.2, -0.15) is 18.6 Å². The molecule has 0 aliphatic heterocycles. The van der Waals surface area contributed by atoms with Crippen LogP contribution in [0.2, 0.25) is 0 Å². The summed E-state index contributed by atoms with van der Waals surface area (Å²) in [5, 5.41) is 12.7. The minimum Gasteiger partial charge on any atom is -0.320 e. The Bertz CT molecular complexity index is 1280. The Morgan fingerprint density at radius 1 is 1.11 bits per heavy atom. The molecule has 2 aromatic carbocycles. The molecule has 1 saturated carbocycles. The van der Waals surface area contributed by atoms with Gasteiger partial charge in [0.15, 0.2) is 5.82 Å². The number of rotatable bonds is 11. The monoisotopic (exact) mass is 537 g/mol. The zero-order chi connectivity index (χ0) is 26.4. The van der Waals surface area contributed by atoms with Crippen LogP contribution in [0.3, 0.4) is 0 Å². The first kappa shape index (κ1) is 29.1. The summed E-state index contributed by atoms with van der Waals surface area (Å²) in [4.78, 5) is 27.2. The molecule has 2 amide bonds. The van der Waals surface area contributed by atoms with Crippen molar-refractivity contribution in [1.82, 2.24) is 15.1 Å². The molecule has 1 heterocycles. The third-order valence-electron chi connectivity index (χ3n) is 6.73. The number of nitrogens with zero attached hydrogens (tertiary/aromatic N) is 2. The van der Waals surface area contributed by atoms with Crippen LogP contribution in [0.4, 0.5) is 15.9 Å². The van der Waals surface area contributed by atoms with Crippen molar-refractivity contribution in [2.24, 2.45) is 0 Å². The molecule has 1 aliphatic carbocycles. The molecule has 0 radical (unpaired) electrons. The van der Waals surface area contributed by atoms with E-state index in [9.17, 15) is 14.0 Å². The van der Waals surface area contributed by atoms with E-state index in [0.717, 1.165) is 42.8 Å². The van der Waals surface area contributed by atoms with Crippen LogP contribution in [0.25, 0.3) is 11.1 Å². The second kappa shape index (κ2) is 13.4. The van der Waals surface area contributed by atoms with Crippen molar-refractivity contribution in [3.63, 3.8) is 0 Å². The molecular weight excluding hydrogens is 501 g/mol. The third kappa shape index (κ3) is 7.55. The summed E-state index contributed by atoms with van der Waals surface area (Å²) in [6.45, 7) is 8.41. The lowest BCUT2D eigenvalue weighted by atomic mass is 9.95. The molecular formula is C29H36FN5O2S. The maximum Gasteiger partial charge on any atom is 0.248 e. The molecule has 0 unspecified atom stereocenters. The number of carbonyl (C=O) groups excluding carboxylic acids is 2. The summed E-state index contributed by atoms with van der Waals surface area (Å²) in [5.74, 6) is -0.429. The molecule has 0 bridgehead atoms. The second-order valence-corrected chi connectivity index (χ2v) is 9.39. The zero-order valence-corrected chi connectivity index (χ0v) is 23.1. The summed E-state index contributed by atoms with van der Waals surface area (Å²) < 4.78 is 14.8. The van der Waals surface area contributed by atoms with Crippen LogP contribution in [-0.2, 0) is 9.59 Å². The number of hydrogen-bond acceptors (Lipinski definition) is 4. The van der Waals surface area contributed by atoms with Crippen LogP contribution < -0.4 is 10.6 Å². The molecule has 4 rings (SSSR count). The predicted octanol–water partition coefficient (Wildman–Crippen LogP) is 5.78. The van der Waals surface area contributed by atoms with Gasteiger partial charge in [-0.1, -0.05) is 50.3 Å². The number of aromatic amines is 1. The number of H-pyrrole nitrogens is 1. The van der Waals surface area contributed by atoms with Crippen molar-refractivity contribution in [1.29, 1.82) is 0 Å². The quantitative estimate of drug-likeness (QED) is 0.270. The van der Waals surface area contributed by atoms with Crippen LogP contribution in [0, 0.1) is 5.82 Å². The number of benzene rings is 2. The normalized spacial score (nSPS) is 13.8. The molecule has 0 saturated heterocycles. The van der Waals surface area contributed by atoms with Gasteiger partial charge in [-0.3, -0.25) is 14.7 Å². The number of carbonyl (C=O) groups is 2. The fraction of sp³-hybridized carbons (Fsp3) is 0.345. The van der Waals surface area contributed by atoms with Crippen molar-refractivity contribution in [3.05, 3.63) is 77.8 Å². The SMILES string of the molecule is CCN(CC)C/C=C/C(=O)Nc1ccc(-c2cccc([C@H](C)C(=O)Nc3cc(C4CC4)[nH]n3)c2)cc1F.S. The summed E-state index contributed by atoms with van der Waals surface area (Å²) in [6, 6.07) is 14.1. The van der Waals surface area contributed by atoms with E-state index in [-0.39, 0.29) is 31.0 Å². The average molecular weight is 538 g/mol. The summed E-state index contributed by atoms with van der Waals surface area (Å²) in [7, 11) is 0. The molecule has 9 heteroatoms. The highest BCUT2D eigenvalue weighted by Gasteiger charge is 2.26. The summed E-state index contributed by atoms with van der Waals surface area (Å²) >= 11 is 0. The third-order valence-corrected chi connectivity index (χ3v) is 6.73. The lowest BCUT2D eigenvalue weighted by Crippen LogP contribution is -2.23. The highest BCUT2D eigenvalue weighted by Crippen LogP contribution is 2.39. The van der Waals surface area contributed by atoms with Gasteiger partial charge in [-0.25, -0.2) is 4.39 Å². The smallest absolute Gasteiger partial charge is 0.248 e. The van der Waals surface area contributed by atoms with Gasteiger partial charge in [-0.05, 0) is 61.7 Å². The summed E-state index contributed by atoms with van der Waals surface area (Å²) in [6.07, 6.45) is 5.51. The Morgan fingerprint density at radius 2 is 1.84 bits per heavy atom. The van der Waals surface area contributed by atoms with Gasteiger partial charge in [0.2, 0.25) is 11.8 Å². The molecule has 38 heavy (non-hydrogen) atoms. The van der Waals surface area contributed by atoms with Gasteiger partial charge in [0.25, 0.3) is 0 Å². The number of halogens is 1. The largest absolute Gasteiger partial charge is 0.320 e. The summed E-state index contributed by atoms with van der Waals surface area (Å²) in [5.41, 5.74) is 3.42. The topological polar surface area (TPSA) is 90.1 Å². The second-order valence-electron chi connectivity index (χ2n) is 9.39. The Kier molecular flexibility index (Phi) is 10.3. The van der Waals surface area contributed by atoms with E-state index < -0.39 is 11.7 Å². The molecule has 3 N–H and O–H groups in total. The van der Waals surface area contributed by atoms with E-state index in [1.54, 1.807) is 18.2 Å². The Morgan fingerprint density at radius 3 is 2.53 bits per heavy atom. The maximum absolute atomic E-state index is 14.8. The van der Waals surface area contributed by atoms with Crippen LogP contribution in [0.1, 0.15) is 56.7 Å². The van der Waals surface area contributed by atoms with Crippen molar-refractivity contribution in [2.75, 3.05) is 30.3 Å². The molecule has 0 spiro atoms. The van der Waals surface area contributed by atoms with Crippen LogP contribution >= 0.6 is 13.5 Å². The van der Waals surface area contributed by atoms with Gasteiger partial charge in [0.05, 0.1) is 11.6 Å². The molecule has 202 valence electrons. The first-order chi connectivity index (χ1) is 17.9. The highest BCUT2D eigenvalue weighted by molar-refractivity contribution is 7.59. The lowest BCUT2D eigenvalue weighted by molar-refractivity contribution is -0.117. The van der Waals surface area contributed by atoms with E-state index in [4.69, 9.17) is 0 Å². The van der Waals surface area contributed by atoms with E-state index in [1.807, 2.05) is 37.3 Å². The van der Waals surface area contributed by atoms with Crippen LogP contribution in [0.15, 0.2) is 60.7 Å². The minimum atomic E-state index is -0.524. The molecule has 1 aliphatic rings. The standard InChI is InChI=1S/C29H34FN5O2.H2S/c1-4-35(5-2)15-7-10-28(36)31-25-14-13-23(17-24(25)30)22-9-6-8-21(16-22)19(3)29(37)32-27-18-26(33-34-27)20-11-12-20;/h6-10,13-14,16-20H,4-5,11-12,15H2,1-3H3,(H,31,36)(H2,32,33,34,37);1H2/b10-7+;/t19-;/m0./s1. The molecule has 1 atom stereocenters. The van der Waals surface area contributed by atoms with Crippen molar-refractivity contribution in [2.45, 2.75) is 45.4 Å². The van der Waals surface area contributed by atoms with Gasteiger partial charge in [0, 0.05) is 30.3 Å². The van der Waals surface area contributed by atoms with E-state index in [2.05, 4.69) is 39.6 Å². The molecule has 7 nitrogen and oxygen atoms in total. The Labute approximate surface area is 230 Å². The number of anilines is 2. The Balaban J connectivity index is 0.00000400. The van der Waals surface area contributed by atoms with E-state index in [1.165, 1.54) is 12.1 Å². The number of nitrogens with one attached hydrogen (secondary N) is 3. The molecule has 1 aromatic heterocycles. The highest BCUT2D eigenvalue weighted by atomic mass is 32.1. The fourth-order valence-electron chi connectivity index (χ4n) is 4.14. The van der Waals surface area contributed by atoms with E-state index in [0.29, 0.717) is 23.8 Å². The van der Waals surface area contributed by atoms with Crippen LogP contribution in [-0.4, -0.2) is 46.5 Å². The van der Waals surface area contributed by atoms with Gasteiger partial charge in [0.1, 0.15) is 5.82 Å². The molecule has 1 fully saturated rings. The molecule has 3 aromatic rings. The fourth-order valence-corrected chi connectivity index (χ4v) is 4.14. The van der Waals surface area contributed by atoms with Crippen molar-refractivity contribution >= 4 is 36.8 Å². The number of aromatic nitrogens is 2. The van der Waals surface area contributed by atoms with E-state index >= 15 is 0 Å². The Hall–Kier alpha value is -3.43. The minimum absolute atomic E-state index is 0.